The molecule has 168 valence electrons. The van der Waals surface area contributed by atoms with Crippen molar-refractivity contribution in [2.75, 3.05) is 25.0 Å². The molecule has 7 nitrogen and oxygen atoms in total. The molecule has 0 aliphatic rings. The molecule has 0 saturated heterocycles. The van der Waals surface area contributed by atoms with Gasteiger partial charge in [-0.1, -0.05) is 17.7 Å². The third kappa shape index (κ3) is 6.01. The third-order valence-electron chi connectivity index (χ3n) is 4.78. The average Bonchev–Trinajstić information content (AvgIpc) is 2.78. The Morgan fingerprint density at radius 2 is 1.56 bits per heavy atom. The monoisotopic (exact) mass is 454 g/mol. The van der Waals surface area contributed by atoms with Gasteiger partial charge in [-0.2, -0.15) is 0 Å². The molecule has 1 amide bonds. The number of hydrogen-bond acceptors (Lipinski definition) is 5. The van der Waals surface area contributed by atoms with Crippen LogP contribution in [-0.2, 0) is 10.0 Å². The van der Waals surface area contributed by atoms with Crippen molar-refractivity contribution < 1.29 is 22.7 Å². The summed E-state index contributed by atoms with van der Waals surface area (Å²) in [5.41, 5.74) is 2.47. The molecule has 0 aliphatic carbocycles. The molecule has 0 aliphatic heterocycles. The molecule has 0 fully saturated rings. The van der Waals surface area contributed by atoms with Gasteiger partial charge in [0, 0.05) is 5.56 Å². The normalized spacial score (nSPS) is 11.0. The fourth-order valence-corrected chi connectivity index (χ4v) is 4.08. The van der Waals surface area contributed by atoms with E-state index in [1.165, 1.54) is 0 Å². The predicted octanol–water partition coefficient (Wildman–Crippen LogP) is 3.92. The van der Waals surface area contributed by atoms with Crippen molar-refractivity contribution in [2.24, 2.45) is 0 Å². The first-order valence-electron chi connectivity index (χ1n) is 10.0. The molecule has 0 radical (unpaired) electrons. The molecule has 0 spiro atoms. The minimum atomic E-state index is -3.71. The minimum absolute atomic E-state index is 0.182. The summed E-state index contributed by atoms with van der Waals surface area (Å²) in [4.78, 5) is 12.6. The van der Waals surface area contributed by atoms with Crippen LogP contribution in [0.5, 0.6) is 11.5 Å². The fraction of sp³-hybridized carbons (Fsp3) is 0.208. The predicted molar refractivity (Wildman–Crippen MR) is 124 cm³/mol. The summed E-state index contributed by atoms with van der Waals surface area (Å²) in [6.07, 6.45) is 0. The molecule has 8 heteroatoms. The van der Waals surface area contributed by atoms with Gasteiger partial charge in [0.1, 0.15) is 18.1 Å². The molecule has 3 aromatic rings. The van der Waals surface area contributed by atoms with E-state index in [1.54, 1.807) is 80.8 Å². The van der Waals surface area contributed by atoms with Crippen LogP contribution in [0.4, 0.5) is 5.69 Å². The number of rotatable bonds is 9. The van der Waals surface area contributed by atoms with Gasteiger partial charge >= 0.3 is 0 Å². The number of amides is 1. The SMILES string of the molecule is COc1ccc(OCCNC(=O)c2ccc(NS(=O)(=O)c3ccc(C)cc3)c(C)c2)cc1. The number of methoxy groups -OCH3 is 1. The van der Waals surface area contributed by atoms with Crippen LogP contribution in [0.3, 0.4) is 0 Å². The molecule has 0 unspecified atom stereocenters. The number of carbonyl (C=O) groups excluding carboxylic acids is 1. The highest BCUT2D eigenvalue weighted by Crippen LogP contribution is 2.21. The van der Waals surface area contributed by atoms with Gasteiger partial charge in [0.15, 0.2) is 0 Å². The topological polar surface area (TPSA) is 93.7 Å². The zero-order valence-corrected chi connectivity index (χ0v) is 19.0. The fourth-order valence-electron chi connectivity index (χ4n) is 2.95. The second-order valence-corrected chi connectivity index (χ2v) is 8.91. The van der Waals surface area contributed by atoms with Crippen molar-refractivity contribution in [3.05, 3.63) is 83.4 Å². The lowest BCUT2D eigenvalue weighted by atomic mass is 10.1. The van der Waals surface area contributed by atoms with Crippen LogP contribution in [-0.4, -0.2) is 34.6 Å². The van der Waals surface area contributed by atoms with Gasteiger partial charge in [0.2, 0.25) is 0 Å². The highest BCUT2D eigenvalue weighted by Gasteiger charge is 2.16. The molecule has 3 rings (SSSR count). The van der Waals surface area contributed by atoms with E-state index in [4.69, 9.17) is 9.47 Å². The number of hydrogen-bond donors (Lipinski definition) is 2. The van der Waals surface area contributed by atoms with Gasteiger partial charge < -0.3 is 14.8 Å². The van der Waals surface area contributed by atoms with Crippen LogP contribution in [0.2, 0.25) is 0 Å². The molecule has 0 aromatic heterocycles. The Labute approximate surface area is 188 Å². The Morgan fingerprint density at radius 1 is 0.906 bits per heavy atom. The van der Waals surface area contributed by atoms with Gasteiger partial charge in [-0.25, -0.2) is 8.42 Å². The number of nitrogens with one attached hydrogen (secondary N) is 2. The quantitative estimate of drug-likeness (QED) is 0.478. The molecular formula is C24H26N2O5S. The molecule has 0 bridgehead atoms. The van der Waals surface area contributed by atoms with Crippen LogP contribution in [0, 0.1) is 13.8 Å². The number of sulfonamides is 1. The Kier molecular flexibility index (Phi) is 7.37. The van der Waals surface area contributed by atoms with E-state index in [1.807, 2.05) is 6.92 Å². The lowest BCUT2D eigenvalue weighted by molar-refractivity contribution is 0.0947. The van der Waals surface area contributed by atoms with Crippen molar-refractivity contribution in [2.45, 2.75) is 18.7 Å². The number of aryl methyl sites for hydroxylation is 2. The van der Waals surface area contributed by atoms with Crippen molar-refractivity contribution in [1.82, 2.24) is 5.32 Å². The summed E-state index contributed by atoms with van der Waals surface area (Å²) in [6.45, 7) is 4.27. The maximum atomic E-state index is 12.6. The van der Waals surface area contributed by atoms with Gasteiger partial charge in [-0.05, 0) is 74.0 Å². The number of carbonyl (C=O) groups is 1. The van der Waals surface area contributed by atoms with Crippen molar-refractivity contribution in [3.63, 3.8) is 0 Å². The smallest absolute Gasteiger partial charge is 0.261 e. The summed E-state index contributed by atoms with van der Waals surface area (Å²) in [7, 11) is -2.11. The zero-order chi connectivity index (χ0) is 23.1. The van der Waals surface area contributed by atoms with Crippen molar-refractivity contribution >= 4 is 21.6 Å². The summed E-state index contributed by atoms with van der Waals surface area (Å²) in [5, 5.41) is 2.79. The van der Waals surface area contributed by atoms with E-state index in [0.717, 1.165) is 11.3 Å². The zero-order valence-electron chi connectivity index (χ0n) is 18.2. The molecule has 0 heterocycles. The van der Waals surface area contributed by atoms with E-state index < -0.39 is 10.0 Å². The Balaban J connectivity index is 1.55. The number of benzene rings is 3. The Morgan fingerprint density at radius 3 is 2.19 bits per heavy atom. The van der Waals surface area contributed by atoms with Gasteiger partial charge in [-0.15, -0.1) is 0 Å². The second-order valence-electron chi connectivity index (χ2n) is 7.23. The van der Waals surface area contributed by atoms with Crippen molar-refractivity contribution in [1.29, 1.82) is 0 Å². The molecular weight excluding hydrogens is 428 g/mol. The maximum absolute atomic E-state index is 12.6. The first kappa shape index (κ1) is 23.1. The Bertz CT molecular complexity index is 1170. The van der Waals surface area contributed by atoms with Crippen LogP contribution >= 0.6 is 0 Å². The third-order valence-corrected chi connectivity index (χ3v) is 6.16. The van der Waals surface area contributed by atoms with Crippen LogP contribution in [0.25, 0.3) is 0 Å². The van der Waals surface area contributed by atoms with Crippen molar-refractivity contribution in [3.8, 4) is 11.5 Å². The van der Waals surface area contributed by atoms with Crippen LogP contribution in [0.1, 0.15) is 21.5 Å². The lowest BCUT2D eigenvalue weighted by Crippen LogP contribution is -2.28. The molecule has 2 N–H and O–H groups in total. The number of anilines is 1. The summed E-state index contributed by atoms with van der Waals surface area (Å²) < 4.78 is 38.5. The van der Waals surface area contributed by atoms with Crippen LogP contribution < -0.4 is 19.5 Å². The van der Waals surface area contributed by atoms with E-state index in [-0.39, 0.29) is 10.8 Å². The first-order valence-corrected chi connectivity index (χ1v) is 11.5. The minimum Gasteiger partial charge on any atom is -0.497 e. The van der Waals surface area contributed by atoms with Gasteiger partial charge in [0.25, 0.3) is 15.9 Å². The molecule has 3 aromatic carbocycles. The highest BCUT2D eigenvalue weighted by molar-refractivity contribution is 7.92. The van der Waals surface area contributed by atoms with E-state index in [9.17, 15) is 13.2 Å². The standard InChI is InChI=1S/C24H26N2O5S/c1-17-4-11-22(12-5-17)32(28,29)26-23-13-6-19(16-18(23)2)24(27)25-14-15-31-21-9-7-20(30-3)8-10-21/h4-13,16,26H,14-15H2,1-3H3,(H,25,27). The summed E-state index contributed by atoms with van der Waals surface area (Å²) in [5.74, 6) is 1.16. The van der Waals surface area contributed by atoms with E-state index in [0.29, 0.717) is 35.7 Å². The van der Waals surface area contributed by atoms with Gasteiger partial charge in [-0.3, -0.25) is 9.52 Å². The largest absolute Gasteiger partial charge is 0.497 e. The summed E-state index contributed by atoms with van der Waals surface area (Å²) >= 11 is 0. The number of ether oxygens (including phenoxy) is 2. The average molecular weight is 455 g/mol. The Hall–Kier alpha value is -3.52. The second kappa shape index (κ2) is 10.2. The highest BCUT2D eigenvalue weighted by atomic mass is 32.2. The first-order chi connectivity index (χ1) is 15.3. The van der Waals surface area contributed by atoms with Gasteiger partial charge in [0.05, 0.1) is 24.2 Å². The van der Waals surface area contributed by atoms with E-state index >= 15 is 0 Å². The molecule has 0 atom stereocenters. The molecule has 32 heavy (non-hydrogen) atoms. The summed E-state index contributed by atoms with van der Waals surface area (Å²) in [6, 6.07) is 18.6. The van der Waals surface area contributed by atoms with E-state index in [2.05, 4.69) is 10.0 Å². The lowest BCUT2D eigenvalue weighted by Gasteiger charge is -2.13. The molecule has 0 saturated carbocycles. The maximum Gasteiger partial charge on any atom is 0.261 e. The van der Waals surface area contributed by atoms with Crippen LogP contribution in [0.15, 0.2) is 71.6 Å².